The van der Waals surface area contributed by atoms with Crippen LogP contribution < -0.4 is 0 Å². The van der Waals surface area contributed by atoms with E-state index in [1.807, 2.05) is 6.26 Å². The van der Waals surface area contributed by atoms with Gasteiger partial charge in [-0.15, -0.1) is 5.10 Å². The highest BCUT2D eigenvalue weighted by molar-refractivity contribution is 7.99. The molecule has 1 rings (SSSR count). The molecule has 90 valence electrons. The van der Waals surface area contributed by atoms with Gasteiger partial charge in [-0.25, -0.2) is 4.68 Å². The summed E-state index contributed by atoms with van der Waals surface area (Å²) in [7, 11) is 0. The van der Waals surface area contributed by atoms with Gasteiger partial charge in [-0.3, -0.25) is 4.79 Å². The fraction of sp³-hybridized carbons (Fsp3) is 0.750. The van der Waals surface area contributed by atoms with E-state index in [0.29, 0.717) is 5.16 Å². The second-order valence-corrected chi connectivity index (χ2v) is 4.96. The van der Waals surface area contributed by atoms with Crippen molar-refractivity contribution in [3.63, 3.8) is 0 Å². The number of aromatic nitrogens is 4. The van der Waals surface area contributed by atoms with E-state index < -0.39 is 5.97 Å². The van der Waals surface area contributed by atoms with E-state index in [1.165, 1.54) is 0 Å². The third-order valence-corrected chi connectivity index (χ3v) is 3.60. The fourth-order valence-electron chi connectivity index (χ4n) is 1.19. The number of carboxylic acids is 1. The van der Waals surface area contributed by atoms with Gasteiger partial charge in [0.15, 0.2) is 0 Å². The van der Waals surface area contributed by atoms with Crippen molar-refractivity contribution in [1.29, 1.82) is 0 Å². The van der Waals surface area contributed by atoms with Gasteiger partial charge < -0.3 is 5.11 Å². The highest BCUT2D eigenvalue weighted by Gasteiger charge is 2.16. The number of nitrogens with zero attached hydrogens (tertiary/aromatic N) is 4. The highest BCUT2D eigenvalue weighted by Crippen LogP contribution is 2.21. The Balaban J connectivity index is 2.71. The van der Waals surface area contributed by atoms with Gasteiger partial charge >= 0.3 is 5.97 Å². The number of rotatable bonds is 7. The summed E-state index contributed by atoms with van der Waals surface area (Å²) < 4.78 is 1.71. The predicted molar refractivity (Wildman–Crippen MR) is 63.9 cm³/mol. The molecule has 0 aromatic carbocycles. The summed E-state index contributed by atoms with van der Waals surface area (Å²) in [6, 6.07) is 0.223. The van der Waals surface area contributed by atoms with E-state index in [2.05, 4.69) is 22.4 Å². The lowest BCUT2D eigenvalue weighted by Gasteiger charge is -2.14. The van der Waals surface area contributed by atoms with Crippen LogP contribution in [0.3, 0.4) is 0 Å². The molecule has 8 heteroatoms. The van der Waals surface area contributed by atoms with Gasteiger partial charge in [-0.05, 0) is 23.1 Å². The lowest BCUT2D eigenvalue weighted by atomic mass is 10.3. The Morgan fingerprint density at radius 3 is 2.94 bits per heavy atom. The summed E-state index contributed by atoms with van der Waals surface area (Å²) >= 11 is 2.87. The number of thioether (sulfide) groups is 2. The van der Waals surface area contributed by atoms with Crippen molar-refractivity contribution in [3.05, 3.63) is 0 Å². The molecule has 1 aromatic heterocycles. The lowest BCUT2D eigenvalue weighted by molar-refractivity contribution is -0.133. The number of hydrogen-bond donors (Lipinski definition) is 1. The van der Waals surface area contributed by atoms with Crippen LogP contribution in [0, 0.1) is 0 Å². The van der Waals surface area contributed by atoms with Crippen molar-refractivity contribution in [2.75, 3.05) is 17.8 Å². The zero-order chi connectivity index (χ0) is 12.0. The van der Waals surface area contributed by atoms with E-state index in [0.717, 1.165) is 23.9 Å². The molecule has 0 aliphatic carbocycles. The van der Waals surface area contributed by atoms with Crippen molar-refractivity contribution in [2.24, 2.45) is 0 Å². The van der Waals surface area contributed by atoms with Crippen LogP contribution in [0.1, 0.15) is 19.4 Å². The number of hydrogen-bond acceptors (Lipinski definition) is 6. The number of carboxylic acid groups (broad SMARTS) is 1. The smallest absolute Gasteiger partial charge is 0.313 e. The normalized spacial score (nSPS) is 12.6. The van der Waals surface area contributed by atoms with Crippen LogP contribution >= 0.6 is 23.5 Å². The van der Waals surface area contributed by atoms with E-state index in [-0.39, 0.29) is 11.8 Å². The van der Waals surface area contributed by atoms with Crippen molar-refractivity contribution in [2.45, 2.75) is 24.5 Å². The first-order valence-corrected chi connectivity index (χ1v) is 7.18. The summed E-state index contributed by atoms with van der Waals surface area (Å²) in [5.74, 6) is 0.0376. The molecule has 1 N–H and O–H groups in total. The lowest BCUT2D eigenvalue weighted by Crippen LogP contribution is -2.14. The average molecular weight is 262 g/mol. The molecule has 0 fully saturated rings. The molecule has 0 spiro atoms. The number of tetrazole rings is 1. The molecule has 0 saturated heterocycles. The van der Waals surface area contributed by atoms with E-state index in [9.17, 15) is 4.79 Å². The van der Waals surface area contributed by atoms with Crippen LogP contribution in [0.4, 0.5) is 0 Å². The summed E-state index contributed by atoms with van der Waals surface area (Å²) in [5.41, 5.74) is 0. The fourth-order valence-corrected chi connectivity index (χ4v) is 2.62. The molecule has 0 amide bonds. The van der Waals surface area contributed by atoms with Crippen molar-refractivity contribution in [1.82, 2.24) is 20.2 Å². The highest BCUT2D eigenvalue weighted by atomic mass is 32.2. The SMILES string of the molecule is CCC(CSC)n1nnnc1SCC(=O)O. The summed E-state index contributed by atoms with van der Waals surface area (Å²) in [5, 5.41) is 20.5. The quantitative estimate of drug-likeness (QED) is 0.738. The minimum atomic E-state index is -0.863. The van der Waals surface area contributed by atoms with Gasteiger partial charge in [0.25, 0.3) is 0 Å². The topological polar surface area (TPSA) is 80.9 Å². The third-order valence-electron chi connectivity index (χ3n) is 1.96. The molecule has 1 atom stereocenters. The van der Waals surface area contributed by atoms with E-state index in [4.69, 9.17) is 5.11 Å². The number of carbonyl (C=O) groups is 1. The average Bonchev–Trinajstić information content (AvgIpc) is 2.71. The predicted octanol–water partition coefficient (Wildman–Crippen LogP) is 1.16. The van der Waals surface area contributed by atoms with Gasteiger partial charge in [0.05, 0.1) is 11.8 Å². The Morgan fingerprint density at radius 2 is 2.38 bits per heavy atom. The monoisotopic (exact) mass is 262 g/mol. The Kier molecular flexibility index (Phi) is 5.61. The summed E-state index contributed by atoms with van der Waals surface area (Å²) in [4.78, 5) is 10.5. The molecule has 1 heterocycles. The third kappa shape index (κ3) is 3.67. The molecule has 0 bridgehead atoms. The molecule has 1 unspecified atom stereocenters. The van der Waals surface area contributed by atoms with Gasteiger partial charge in [0.2, 0.25) is 5.16 Å². The zero-order valence-corrected chi connectivity index (χ0v) is 10.8. The molecule has 16 heavy (non-hydrogen) atoms. The first-order valence-electron chi connectivity index (χ1n) is 4.80. The molecule has 0 radical (unpaired) electrons. The molecular weight excluding hydrogens is 248 g/mol. The second kappa shape index (κ2) is 6.74. The van der Waals surface area contributed by atoms with E-state index in [1.54, 1.807) is 16.4 Å². The first kappa shape index (κ1) is 13.3. The van der Waals surface area contributed by atoms with Crippen LogP contribution in [0.5, 0.6) is 0 Å². The van der Waals surface area contributed by atoms with Crippen LogP contribution in [0.25, 0.3) is 0 Å². The van der Waals surface area contributed by atoms with E-state index >= 15 is 0 Å². The van der Waals surface area contributed by atoms with Crippen molar-refractivity contribution < 1.29 is 9.90 Å². The second-order valence-electron chi connectivity index (χ2n) is 3.11. The van der Waals surface area contributed by atoms with Crippen LogP contribution in [-0.2, 0) is 4.79 Å². The minimum Gasteiger partial charge on any atom is -0.481 e. The Labute approximate surface area is 102 Å². The van der Waals surface area contributed by atoms with Crippen LogP contribution in [0.15, 0.2) is 5.16 Å². The summed E-state index contributed by atoms with van der Waals surface area (Å²) in [6.07, 6.45) is 2.95. The standard InChI is InChI=1S/C8H14N4O2S2/c1-3-6(4-15-2)12-8(9-10-11-12)16-5-7(13)14/h6H,3-5H2,1-2H3,(H,13,14). The van der Waals surface area contributed by atoms with Gasteiger partial charge in [-0.2, -0.15) is 11.8 Å². The largest absolute Gasteiger partial charge is 0.481 e. The maximum absolute atomic E-state index is 10.5. The molecule has 0 saturated carbocycles. The molecule has 1 aromatic rings. The van der Waals surface area contributed by atoms with Gasteiger partial charge in [0, 0.05) is 5.75 Å². The molecule has 6 nitrogen and oxygen atoms in total. The van der Waals surface area contributed by atoms with Crippen molar-refractivity contribution in [3.8, 4) is 0 Å². The summed E-state index contributed by atoms with van der Waals surface area (Å²) in [6.45, 7) is 2.06. The zero-order valence-electron chi connectivity index (χ0n) is 9.16. The maximum atomic E-state index is 10.5. The van der Waals surface area contributed by atoms with Gasteiger partial charge in [-0.1, -0.05) is 18.7 Å². The maximum Gasteiger partial charge on any atom is 0.313 e. The Bertz CT molecular complexity index is 345. The minimum absolute atomic E-state index is 0.0178. The van der Waals surface area contributed by atoms with Gasteiger partial charge in [0.1, 0.15) is 0 Å². The molecule has 0 aliphatic rings. The van der Waals surface area contributed by atoms with Crippen LogP contribution in [-0.4, -0.2) is 49.0 Å². The number of aliphatic carboxylic acids is 1. The van der Waals surface area contributed by atoms with Crippen molar-refractivity contribution >= 4 is 29.5 Å². The first-order chi connectivity index (χ1) is 7.69. The van der Waals surface area contributed by atoms with Crippen LogP contribution in [0.2, 0.25) is 0 Å². The Morgan fingerprint density at radius 1 is 1.62 bits per heavy atom. The molecule has 0 aliphatic heterocycles. The Hall–Kier alpha value is -0.760. The molecular formula is C8H14N4O2S2.